The van der Waals surface area contributed by atoms with Crippen LogP contribution in [0.15, 0.2) is 24.3 Å². The molecule has 0 saturated heterocycles. The Kier molecular flexibility index (Phi) is 3.08. The molecule has 19 heavy (non-hydrogen) atoms. The fraction of sp³-hybridized carbons (Fsp3) is 0.200. The Morgan fingerprint density at radius 3 is 2.68 bits per heavy atom. The Morgan fingerprint density at radius 1 is 1.16 bits per heavy atom. The van der Waals surface area contributed by atoms with Gasteiger partial charge in [-0.2, -0.15) is 0 Å². The van der Waals surface area contributed by atoms with Crippen molar-refractivity contribution < 1.29 is 9.84 Å². The predicted octanol–water partition coefficient (Wildman–Crippen LogP) is 4.61. The molecule has 2 aromatic carbocycles. The number of phenols is 1. The van der Waals surface area contributed by atoms with E-state index < -0.39 is 0 Å². The normalized spacial score (nSPS) is 13.2. The van der Waals surface area contributed by atoms with Crippen LogP contribution in [-0.4, -0.2) is 11.7 Å². The first-order valence-corrected chi connectivity index (χ1v) is 6.77. The monoisotopic (exact) mass is 294 g/mol. The average molecular weight is 295 g/mol. The van der Waals surface area contributed by atoms with Gasteiger partial charge >= 0.3 is 0 Å². The Bertz CT molecular complexity index is 666. The van der Waals surface area contributed by atoms with Crippen LogP contribution in [-0.2, 0) is 6.42 Å². The van der Waals surface area contributed by atoms with Gasteiger partial charge in [0, 0.05) is 17.5 Å². The maximum Gasteiger partial charge on any atom is 0.134 e. The predicted molar refractivity (Wildman–Crippen MR) is 77.5 cm³/mol. The molecule has 1 heterocycles. The molecule has 0 atom stereocenters. The van der Waals surface area contributed by atoms with E-state index >= 15 is 0 Å². The van der Waals surface area contributed by atoms with Crippen molar-refractivity contribution >= 4 is 23.2 Å². The van der Waals surface area contributed by atoms with Crippen LogP contribution in [0.25, 0.3) is 11.1 Å². The van der Waals surface area contributed by atoms with Crippen LogP contribution < -0.4 is 4.74 Å². The van der Waals surface area contributed by atoms with Crippen LogP contribution >= 0.6 is 23.2 Å². The van der Waals surface area contributed by atoms with Crippen LogP contribution in [0.2, 0.25) is 10.0 Å². The van der Waals surface area contributed by atoms with Crippen molar-refractivity contribution in [1.29, 1.82) is 0 Å². The number of ether oxygens (including phenoxy) is 1. The number of phenolic OH excluding ortho intramolecular Hbond substituents is 1. The number of rotatable bonds is 1. The summed E-state index contributed by atoms with van der Waals surface area (Å²) in [6.07, 6.45) is 0.732. The lowest BCUT2D eigenvalue weighted by Crippen LogP contribution is -1.91. The van der Waals surface area contributed by atoms with Gasteiger partial charge in [-0.05, 0) is 36.2 Å². The second kappa shape index (κ2) is 4.62. The summed E-state index contributed by atoms with van der Waals surface area (Å²) in [7, 11) is 0. The van der Waals surface area contributed by atoms with Gasteiger partial charge in [-0.1, -0.05) is 29.3 Å². The molecule has 0 saturated carbocycles. The van der Waals surface area contributed by atoms with Crippen LogP contribution in [0, 0.1) is 6.92 Å². The van der Waals surface area contributed by atoms with Crippen LogP contribution in [0.4, 0.5) is 0 Å². The lowest BCUT2D eigenvalue weighted by atomic mass is 9.95. The van der Waals surface area contributed by atoms with E-state index in [9.17, 15) is 5.11 Å². The van der Waals surface area contributed by atoms with E-state index in [4.69, 9.17) is 27.9 Å². The molecule has 0 spiro atoms. The van der Waals surface area contributed by atoms with Crippen molar-refractivity contribution in [2.75, 3.05) is 6.61 Å². The molecule has 3 rings (SSSR count). The highest BCUT2D eigenvalue weighted by atomic mass is 35.5. The molecule has 4 heteroatoms. The van der Waals surface area contributed by atoms with Crippen molar-refractivity contribution in [3.05, 3.63) is 45.4 Å². The summed E-state index contributed by atoms with van der Waals surface area (Å²) >= 11 is 12.0. The molecule has 0 aliphatic carbocycles. The van der Waals surface area contributed by atoms with Gasteiger partial charge in [0.1, 0.15) is 11.5 Å². The Labute approximate surface area is 121 Å². The van der Waals surface area contributed by atoms with E-state index in [1.807, 2.05) is 19.1 Å². The number of aryl methyl sites for hydroxylation is 1. The Morgan fingerprint density at radius 2 is 1.95 bits per heavy atom. The summed E-state index contributed by atoms with van der Waals surface area (Å²) in [5, 5.41) is 11.0. The van der Waals surface area contributed by atoms with Crippen molar-refractivity contribution in [2.24, 2.45) is 0 Å². The maximum absolute atomic E-state index is 9.96. The standard InChI is InChI=1S/C15H12Cl2O2/c1-8-6-13(18)10-4-5-19-15(10)14(8)9-2-3-11(16)12(17)7-9/h2-3,6-7,18H,4-5H2,1H3. The Balaban J connectivity index is 2.25. The minimum atomic E-state index is 0.300. The second-order valence-electron chi connectivity index (χ2n) is 4.62. The van der Waals surface area contributed by atoms with E-state index in [0.717, 1.165) is 34.4 Å². The first-order valence-electron chi connectivity index (χ1n) is 6.01. The number of halogens is 2. The number of benzene rings is 2. The third-order valence-electron chi connectivity index (χ3n) is 3.36. The first-order chi connectivity index (χ1) is 9.08. The molecule has 0 amide bonds. The number of fused-ring (bicyclic) bond motifs is 1. The molecule has 1 N–H and O–H groups in total. The van der Waals surface area contributed by atoms with Gasteiger partial charge in [0.2, 0.25) is 0 Å². The van der Waals surface area contributed by atoms with Gasteiger partial charge in [0.15, 0.2) is 0 Å². The minimum absolute atomic E-state index is 0.300. The van der Waals surface area contributed by atoms with Gasteiger partial charge in [-0.15, -0.1) is 0 Å². The van der Waals surface area contributed by atoms with Gasteiger partial charge < -0.3 is 9.84 Å². The molecule has 1 aliphatic rings. The molecule has 2 nitrogen and oxygen atoms in total. The topological polar surface area (TPSA) is 29.5 Å². The number of aromatic hydroxyl groups is 1. The van der Waals surface area contributed by atoms with E-state index in [2.05, 4.69) is 0 Å². The van der Waals surface area contributed by atoms with Gasteiger partial charge in [-0.25, -0.2) is 0 Å². The molecule has 0 aromatic heterocycles. The maximum atomic E-state index is 9.96. The van der Waals surface area contributed by atoms with Gasteiger partial charge in [-0.3, -0.25) is 0 Å². The van der Waals surface area contributed by atoms with Crippen molar-refractivity contribution in [3.63, 3.8) is 0 Å². The molecule has 0 unspecified atom stereocenters. The zero-order valence-electron chi connectivity index (χ0n) is 10.3. The zero-order chi connectivity index (χ0) is 13.6. The van der Waals surface area contributed by atoms with Crippen molar-refractivity contribution in [1.82, 2.24) is 0 Å². The third kappa shape index (κ3) is 2.05. The van der Waals surface area contributed by atoms with Gasteiger partial charge in [0.25, 0.3) is 0 Å². The highest BCUT2D eigenvalue weighted by molar-refractivity contribution is 6.42. The summed E-state index contributed by atoms with van der Waals surface area (Å²) in [5.41, 5.74) is 3.75. The van der Waals surface area contributed by atoms with E-state index in [1.54, 1.807) is 12.1 Å². The minimum Gasteiger partial charge on any atom is -0.508 e. The molecular weight excluding hydrogens is 283 g/mol. The summed E-state index contributed by atoms with van der Waals surface area (Å²) in [5.74, 6) is 1.06. The Hall–Kier alpha value is -1.38. The number of hydrogen-bond donors (Lipinski definition) is 1. The molecule has 0 fully saturated rings. The third-order valence-corrected chi connectivity index (χ3v) is 4.10. The van der Waals surface area contributed by atoms with E-state index in [-0.39, 0.29) is 0 Å². The fourth-order valence-corrected chi connectivity index (χ4v) is 2.78. The highest BCUT2D eigenvalue weighted by Gasteiger charge is 2.23. The largest absolute Gasteiger partial charge is 0.508 e. The van der Waals surface area contributed by atoms with E-state index in [1.165, 1.54) is 0 Å². The molecule has 2 aromatic rings. The summed E-state index contributed by atoms with van der Waals surface area (Å²) < 4.78 is 5.68. The lowest BCUT2D eigenvalue weighted by Gasteiger charge is -2.13. The molecule has 98 valence electrons. The molecule has 0 bridgehead atoms. The average Bonchev–Trinajstić information content (AvgIpc) is 2.83. The molecule has 1 aliphatic heterocycles. The van der Waals surface area contributed by atoms with Crippen molar-refractivity contribution in [2.45, 2.75) is 13.3 Å². The summed E-state index contributed by atoms with van der Waals surface area (Å²) in [6.45, 7) is 2.54. The second-order valence-corrected chi connectivity index (χ2v) is 5.44. The van der Waals surface area contributed by atoms with Crippen LogP contribution in [0.3, 0.4) is 0 Å². The highest BCUT2D eigenvalue weighted by Crippen LogP contribution is 2.44. The quantitative estimate of drug-likeness (QED) is 0.832. The summed E-state index contributed by atoms with van der Waals surface area (Å²) in [4.78, 5) is 0. The fourth-order valence-electron chi connectivity index (χ4n) is 2.48. The molecular formula is C15H12Cl2O2. The SMILES string of the molecule is Cc1cc(O)c2c(c1-c1ccc(Cl)c(Cl)c1)OCC2. The van der Waals surface area contributed by atoms with E-state index in [0.29, 0.717) is 22.4 Å². The van der Waals surface area contributed by atoms with Crippen LogP contribution in [0.1, 0.15) is 11.1 Å². The first kappa shape index (κ1) is 12.6. The molecule has 0 radical (unpaired) electrons. The van der Waals surface area contributed by atoms with Crippen molar-refractivity contribution in [3.8, 4) is 22.6 Å². The zero-order valence-corrected chi connectivity index (χ0v) is 11.8. The van der Waals surface area contributed by atoms with Crippen LogP contribution in [0.5, 0.6) is 11.5 Å². The lowest BCUT2D eigenvalue weighted by molar-refractivity contribution is 0.358. The smallest absolute Gasteiger partial charge is 0.134 e. The van der Waals surface area contributed by atoms with Gasteiger partial charge in [0.05, 0.1) is 16.7 Å². The summed E-state index contributed by atoms with van der Waals surface area (Å²) in [6, 6.07) is 7.28. The number of hydrogen-bond acceptors (Lipinski definition) is 2.